The number of para-hydroxylation sites is 3. The van der Waals surface area contributed by atoms with E-state index >= 15 is 0 Å². The second kappa shape index (κ2) is 11.6. The summed E-state index contributed by atoms with van der Waals surface area (Å²) in [5, 5.41) is 3.03. The molecule has 0 aliphatic heterocycles. The average molecular weight is 321 g/mol. The fraction of sp³-hybridized carbons (Fsp3) is 0.143. The minimum Gasteiger partial charge on any atom is -0.399 e. The summed E-state index contributed by atoms with van der Waals surface area (Å²) < 4.78 is 0. The lowest BCUT2D eigenvalue weighted by Gasteiger charge is -2.10. The third kappa shape index (κ3) is 8.49. The Labute approximate surface area is 145 Å². The molecule has 0 radical (unpaired) electrons. The summed E-state index contributed by atoms with van der Waals surface area (Å²) in [6.07, 6.45) is 0. The molecule has 24 heavy (non-hydrogen) atoms. The van der Waals surface area contributed by atoms with Crippen molar-refractivity contribution in [2.45, 2.75) is 0 Å². The van der Waals surface area contributed by atoms with Crippen LogP contribution in [0.2, 0.25) is 0 Å². The first-order chi connectivity index (χ1) is 11.6. The molecule has 0 fully saturated rings. The Balaban J connectivity index is 0.000000181. The van der Waals surface area contributed by atoms with E-state index in [0.29, 0.717) is 0 Å². The van der Waals surface area contributed by atoms with Gasteiger partial charge in [-0.05, 0) is 36.4 Å². The highest BCUT2D eigenvalue weighted by atomic mass is 15.1. The maximum Gasteiger partial charge on any atom is 0.0360 e. The Morgan fingerprint density at radius 1 is 0.667 bits per heavy atom. The van der Waals surface area contributed by atoms with E-state index in [1.54, 1.807) is 0 Å². The van der Waals surface area contributed by atoms with Gasteiger partial charge >= 0.3 is 0 Å². The van der Waals surface area contributed by atoms with E-state index in [2.05, 4.69) is 22.3 Å². The van der Waals surface area contributed by atoms with Crippen molar-refractivity contribution in [3.8, 4) is 0 Å². The predicted molar refractivity (Wildman–Crippen MR) is 108 cm³/mol. The molecule has 126 valence electrons. The molecule has 3 aromatic rings. The standard InChI is InChI=1S/C8H11N.C7H9N.C6H7N/c1-9(2)8-6-4-3-5-7-8;1-8-7-5-3-2-4-6-7;7-6-4-2-1-3-5-6/h3-7H,1-2H3;2-6,8H,1H3;1-5H,7H2. The molecule has 0 unspecified atom stereocenters. The fourth-order valence-corrected chi connectivity index (χ4v) is 1.78. The Hall–Kier alpha value is -2.94. The highest BCUT2D eigenvalue weighted by Crippen LogP contribution is 2.07. The Kier molecular flexibility index (Phi) is 9.24. The molecule has 3 aromatic carbocycles. The molecule has 0 bridgehead atoms. The third-order valence-corrected chi connectivity index (χ3v) is 3.13. The van der Waals surface area contributed by atoms with E-state index in [9.17, 15) is 0 Å². The number of nitrogens with two attached hydrogens (primary N) is 1. The molecule has 0 atom stereocenters. The minimum absolute atomic E-state index is 0.822. The first kappa shape index (κ1) is 19.1. The van der Waals surface area contributed by atoms with Crippen LogP contribution in [0.5, 0.6) is 0 Å². The summed E-state index contributed by atoms with van der Waals surface area (Å²) in [6.45, 7) is 0. The van der Waals surface area contributed by atoms with Gasteiger partial charge in [0, 0.05) is 38.2 Å². The number of nitrogens with one attached hydrogen (secondary N) is 1. The molecule has 3 N–H and O–H groups in total. The molecular formula is C21H27N3. The van der Waals surface area contributed by atoms with E-state index in [-0.39, 0.29) is 0 Å². The molecule has 3 heteroatoms. The molecule has 0 aliphatic carbocycles. The lowest BCUT2D eigenvalue weighted by atomic mass is 10.3. The van der Waals surface area contributed by atoms with E-state index in [0.717, 1.165) is 11.4 Å². The van der Waals surface area contributed by atoms with Crippen molar-refractivity contribution in [2.24, 2.45) is 0 Å². The maximum atomic E-state index is 5.36. The van der Waals surface area contributed by atoms with Gasteiger partial charge in [-0.3, -0.25) is 0 Å². The van der Waals surface area contributed by atoms with Crippen LogP contribution < -0.4 is 16.0 Å². The highest BCUT2D eigenvalue weighted by Gasteiger charge is 1.87. The van der Waals surface area contributed by atoms with Crippen LogP contribution in [-0.4, -0.2) is 21.1 Å². The molecule has 3 nitrogen and oxygen atoms in total. The van der Waals surface area contributed by atoms with Crippen molar-refractivity contribution in [3.05, 3.63) is 91.0 Å². The van der Waals surface area contributed by atoms with Crippen molar-refractivity contribution in [1.29, 1.82) is 0 Å². The van der Waals surface area contributed by atoms with Crippen molar-refractivity contribution >= 4 is 17.1 Å². The zero-order valence-electron chi connectivity index (χ0n) is 14.7. The summed E-state index contributed by atoms with van der Waals surface area (Å²) >= 11 is 0. The molecule has 0 aliphatic rings. The first-order valence-electron chi connectivity index (χ1n) is 7.89. The average Bonchev–Trinajstić information content (AvgIpc) is 2.65. The van der Waals surface area contributed by atoms with Crippen molar-refractivity contribution in [1.82, 2.24) is 0 Å². The third-order valence-electron chi connectivity index (χ3n) is 3.13. The van der Waals surface area contributed by atoms with Crippen molar-refractivity contribution in [2.75, 3.05) is 37.1 Å². The summed E-state index contributed by atoms with van der Waals surface area (Å²) in [4.78, 5) is 2.08. The highest BCUT2D eigenvalue weighted by molar-refractivity contribution is 5.44. The quantitative estimate of drug-likeness (QED) is 0.669. The summed E-state index contributed by atoms with van der Waals surface area (Å²) in [6, 6.07) is 29.8. The van der Waals surface area contributed by atoms with Gasteiger partial charge in [-0.2, -0.15) is 0 Å². The van der Waals surface area contributed by atoms with Gasteiger partial charge in [0.05, 0.1) is 0 Å². The number of benzene rings is 3. The molecule has 0 aromatic heterocycles. The monoisotopic (exact) mass is 321 g/mol. The fourth-order valence-electron chi connectivity index (χ4n) is 1.78. The zero-order valence-corrected chi connectivity index (χ0v) is 14.7. The van der Waals surface area contributed by atoms with Gasteiger partial charge in [0.2, 0.25) is 0 Å². The lowest BCUT2D eigenvalue weighted by Crippen LogP contribution is -2.07. The van der Waals surface area contributed by atoms with Crippen molar-refractivity contribution in [3.63, 3.8) is 0 Å². The van der Waals surface area contributed by atoms with Crippen LogP contribution in [0.3, 0.4) is 0 Å². The second-order valence-corrected chi connectivity index (χ2v) is 5.26. The van der Waals surface area contributed by atoms with Gasteiger partial charge in [-0.25, -0.2) is 0 Å². The molecule has 3 rings (SSSR count). The molecule has 0 spiro atoms. The molecule has 0 saturated carbocycles. The minimum atomic E-state index is 0.822. The van der Waals surface area contributed by atoms with Gasteiger partial charge < -0.3 is 16.0 Å². The Morgan fingerprint density at radius 2 is 1.08 bits per heavy atom. The normalized spacial score (nSPS) is 8.79. The number of rotatable bonds is 2. The smallest absolute Gasteiger partial charge is 0.0360 e. The van der Waals surface area contributed by atoms with Gasteiger partial charge in [-0.1, -0.05) is 54.6 Å². The first-order valence-corrected chi connectivity index (χ1v) is 7.89. The SMILES string of the molecule is CN(C)c1ccccc1.CNc1ccccc1.Nc1ccccc1. The van der Waals surface area contributed by atoms with Gasteiger partial charge in [-0.15, -0.1) is 0 Å². The van der Waals surface area contributed by atoms with Crippen LogP contribution in [0, 0.1) is 0 Å². The van der Waals surface area contributed by atoms with E-state index in [1.807, 2.05) is 100 Å². The van der Waals surface area contributed by atoms with E-state index < -0.39 is 0 Å². The Bertz CT molecular complexity index is 638. The van der Waals surface area contributed by atoms with Crippen LogP contribution in [0.25, 0.3) is 0 Å². The Morgan fingerprint density at radius 3 is 1.33 bits per heavy atom. The number of nitrogen functional groups attached to an aromatic ring is 1. The predicted octanol–water partition coefficient (Wildman–Crippen LogP) is 4.75. The van der Waals surface area contributed by atoms with Gasteiger partial charge in [0.15, 0.2) is 0 Å². The second-order valence-electron chi connectivity index (χ2n) is 5.26. The molecule has 0 heterocycles. The largest absolute Gasteiger partial charge is 0.399 e. The number of hydrogen-bond acceptors (Lipinski definition) is 3. The van der Waals surface area contributed by atoms with E-state index in [1.165, 1.54) is 5.69 Å². The summed E-state index contributed by atoms with van der Waals surface area (Å²) in [5.41, 5.74) is 8.59. The van der Waals surface area contributed by atoms with Crippen molar-refractivity contribution < 1.29 is 0 Å². The zero-order chi connectivity index (χ0) is 17.6. The van der Waals surface area contributed by atoms with Gasteiger partial charge in [0.1, 0.15) is 0 Å². The topological polar surface area (TPSA) is 41.3 Å². The van der Waals surface area contributed by atoms with Crippen LogP contribution >= 0.6 is 0 Å². The number of hydrogen-bond donors (Lipinski definition) is 2. The molecule has 0 saturated heterocycles. The lowest BCUT2D eigenvalue weighted by molar-refractivity contribution is 1.13. The van der Waals surface area contributed by atoms with Crippen LogP contribution in [-0.2, 0) is 0 Å². The summed E-state index contributed by atoms with van der Waals surface area (Å²) in [5.74, 6) is 0. The van der Waals surface area contributed by atoms with Crippen LogP contribution in [0.1, 0.15) is 0 Å². The maximum absolute atomic E-state index is 5.36. The van der Waals surface area contributed by atoms with Crippen LogP contribution in [0.4, 0.5) is 17.1 Å². The summed E-state index contributed by atoms with van der Waals surface area (Å²) in [7, 11) is 5.99. The van der Waals surface area contributed by atoms with Gasteiger partial charge in [0.25, 0.3) is 0 Å². The number of nitrogens with zero attached hydrogens (tertiary/aromatic N) is 1. The van der Waals surface area contributed by atoms with E-state index in [4.69, 9.17) is 5.73 Å². The van der Waals surface area contributed by atoms with Crippen LogP contribution in [0.15, 0.2) is 91.0 Å². The molecule has 0 amide bonds. The number of anilines is 3. The molecular weight excluding hydrogens is 294 g/mol.